The number of aromatic nitrogens is 2. The molecule has 5 nitrogen and oxygen atoms in total. The summed E-state index contributed by atoms with van der Waals surface area (Å²) < 4.78 is 2.20. The van der Waals surface area contributed by atoms with Gasteiger partial charge in [-0.25, -0.2) is 5.43 Å². The highest BCUT2D eigenvalue weighted by atomic mass is 16.2. The number of nitrogens with zero attached hydrogens (tertiary/aromatic N) is 3. The molecule has 2 heterocycles. The quantitative estimate of drug-likeness (QED) is 0.576. The maximum Gasteiger partial charge on any atom is 0.272 e. The van der Waals surface area contributed by atoms with Crippen LogP contribution in [0.15, 0.2) is 53.9 Å². The van der Waals surface area contributed by atoms with E-state index < -0.39 is 0 Å². The summed E-state index contributed by atoms with van der Waals surface area (Å²) in [5, 5.41) is 4.10. The Morgan fingerprint density at radius 3 is 2.50 bits per heavy atom. The van der Waals surface area contributed by atoms with Crippen LogP contribution in [-0.2, 0) is 0 Å². The van der Waals surface area contributed by atoms with Crippen LogP contribution >= 0.6 is 0 Å². The third-order valence-corrected chi connectivity index (χ3v) is 4.23. The molecule has 1 N–H and O–H groups in total. The van der Waals surface area contributed by atoms with E-state index in [0.717, 1.165) is 22.6 Å². The van der Waals surface area contributed by atoms with E-state index in [-0.39, 0.29) is 5.91 Å². The smallest absolute Gasteiger partial charge is 0.272 e. The van der Waals surface area contributed by atoms with Crippen LogP contribution < -0.4 is 5.43 Å². The van der Waals surface area contributed by atoms with Crippen molar-refractivity contribution >= 4 is 12.1 Å². The van der Waals surface area contributed by atoms with Crippen LogP contribution in [0.4, 0.5) is 0 Å². The molecule has 0 radical (unpaired) electrons. The van der Waals surface area contributed by atoms with Crippen molar-refractivity contribution in [1.82, 2.24) is 15.0 Å². The topological polar surface area (TPSA) is 59.3 Å². The lowest BCUT2D eigenvalue weighted by molar-refractivity contribution is 0.0955. The van der Waals surface area contributed by atoms with E-state index in [1.165, 1.54) is 17.3 Å². The van der Waals surface area contributed by atoms with Crippen molar-refractivity contribution in [3.8, 4) is 5.69 Å². The monoisotopic (exact) mass is 346 g/mol. The summed E-state index contributed by atoms with van der Waals surface area (Å²) in [5.74, 6) is -0.280. The van der Waals surface area contributed by atoms with Gasteiger partial charge < -0.3 is 4.57 Å². The molecule has 132 valence electrons. The third kappa shape index (κ3) is 3.72. The van der Waals surface area contributed by atoms with Gasteiger partial charge in [0.05, 0.1) is 11.8 Å². The van der Waals surface area contributed by atoms with E-state index in [0.29, 0.717) is 5.56 Å². The number of hydrogen-bond donors (Lipinski definition) is 1. The molecule has 0 aliphatic carbocycles. The van der Waals surface area contributed by atoms with Gasteiger partial charge in [0.1, 0.15) is 0 Å². The Hall–Kier alpha value is -3.21. The van der Waals surface area contributed by atoms with Gasteiger partial charge in [0.2, 0.25) is 0 Å². The summed E-state index contributed by atoms with van der Waals surface area (Å²) >= 11 is 0. The summed E-state index contributed by atoms with van der Waals surface area (Å²) in [6.45, 7) is 8.31. The fourth-order valence-electron chi connectivity index (χ4n) is 3.12. The molecule has 3 aromatic rings. The van der Waals surface area contributed by atoms with Crippen LogP contribution in [-0.4, -0.2) is 21.7 Å². The van der Waals surface area contributed by atoms with Gasteiger partial charge in [-0.1, -0.05) is 6.07 Å². The van der Waals surface area contributed by atoms with Crippen LogP contribution in [0.5, 0.6) is 0 Å². The Morgan fingerprint density at radius 1 is 1.12 bits per heavy atom. The second-order valence-electron chi connectivity index (χ2n) is 6.45. The highest BCUT2D eigenvalue weighted by Gasteiger charge is 2.10. The number of rotatable bonds is 4. The van der Waals surface area contributed by atoms with Crippen molar-refractivity contribution < 1.29 is 4.79 Å². The molecular formula is C21H22N4O. The van der Waals surface area contributed by atoms with Crippen molar-refractivity contribution in [2.75, 3.05) is 0 Å². The summed E-state index contributed by atoms with van der Waals surface area (Å²) in [6, 6.07) is 12.0. The zero-order valence-corrected chi connectivity index (χ0v) is 15.4. The standard InChI is InChI=1S/C21H22N4O/c1-14-8-15(2)10-20(9-14)25-16(3)11-19(17(25)4)13-23-24-21(26)18-6-5-7-22-12-18/h5-13H,1-4H3,(H,24,26)/b23-13+. The number of pyridine rings is 1. The number of aryl methyl sites for hydroxylation is 3. The summed E-state index contributed by atoms with van der Waals surface area (Å²) in [7, 11) is 0. The Kier molecular flexibility index (Phi) is 4.98. The summed E-state index contributed by atoms with van der Waals surface area (Å²) in [5.41, 5.74) is 9.77. The van der Waals surface area contributed by atoms with E-state index in [1.807, 2.05) is 0 Å². The minimum atomic E-state index is -0.280. The fraction of sp³-hybridized carbons (Fsp3) is 0.190. The van der Waals surface area contributed by atoms with Crippen LogP contribution in [0.1, 0.15) is 38.4 Å². The lowest BCUT2D eigenvalue weighted by atomic mass is 10.1. The third-order valence-electron chi connectivity index (χ3n) is 4.23. The first kappa shape index (κ1) is 17.6. The molecule has 5 heteroatoms. The van der Waals surface area contributed by atoms with Gasteiger partial charge in [-0.2, -0.15) is 5.10 Å². The molecule has 0 aliphatic heterocycles. The van der Waals surface area contributed by atoms with Crippen LogP contribution in [0.3, 0.4) is 0 Å². The number of carbonyl (C=O) groups is 1. The molecule has 3 rings (SSSR count). The zero-order chi connectivity index (χ0) is 18.7. The molecule has 2 aromatic heterocycles. The number of carbonyl (C=O) groups excluding carboxylic acids is 1. The van der Waals surface area contributed by atoms with Crippen molar-refractivity contribution in [1.29, 1.82) is 0 Å². The van der Waals surface area contributed by atoms with E-state index in [1.54, 1.807) is 24.5 Å². The van der Waals surface area contributed by atoms with Crippen molar-refractivity contribution in [3.63, 3.8) is 0 Å². The van der Waals surface area contributed by atoms with E-state index >= 15 is 0 Å². The second-order valence-corrected chi connectivity index (χ2v) is 6.45. The minimum absolute atomic E-state index is 0.280. The SMILES string of the molecule is Cc1cc(C)cc(-n2c(C)cc(/C=N/NC(=O)c3cccnc3)c2C)c1. The van der Waals surface area contributed by atoms with Gasteiger partial charge in [0, 0.05) is 35.0 Å². The van der Waals surface area contributed by atoms with Crippen LogP contribution in [0, 0.1) is 27.7 Å². The van der Waals surface area contributed by atoms with Crippen molar-refractivity contribution in [2.24, 2.45) is 5.10 Å². The molecule has 1 amide bonds. The van der Waals surface area contributed by atoms with Crippen LogP contribution in [0.25, 0.3) is 5.69 Å². The van der Waals surface area contributed by atoms with Gasteiger partial charge >= 0.3 is 0 Å². The summed E-state index contributed by atoms with van der Waals surface area (Å²) in [6.07, 6.45) is 4.81. The van der Waals surface area contributed by atoms with E-state index in [2.05, 4.69) is 72.0 Å². The number of hydrogen-bond acceptors (Lipinski definition) is 3. The Balaban J connectivity index is 1.83. The van der Waals surface area contributed by atoms with Gasteiger partial charge in [0.25, 0.3) is 5.91 Å². The zero-order valence-electron chi connectivity index (χ0n) is 15.4. The summed E-state index contributed by atoms with van der Waals surface area (Å²) in [4.78, 5) is 16.0. The molecule has 0 saturated heterocycles. The Morgan fingerprint density at radius 2 is 1.85 bits per heavy atom. The fourth-order valence-corrected chi connectivity index (χ4v) is 3.12. The predicted molar refractivity (Wildman–Crippen MR) is 104 cm³/mol. The molecule has 1 aromatic carbocycles. The first-order valence-electron chi connectivity index (χ1n) is 8.47. The Bertz CT molecular complexity index is 951. The number of hydrazone groups is 1. The van der Waals surface area contributed by atoms with E-state index in [4.69, 9.17) is 0 Å². The average molecular weight is 346 g/mol. The lowest BCUT2D eigenvalue weighted by Crippen LogP contribution is -2.17. The number of amides is 1. The van der Waals surface area contributed by atoms with Gasteiger partial charge in [0.15, 0.2) is 0 Å². The van der Waals surface area contributed by atoms with Crippen LogP contribution in [0.2, 0.25) is 0 Å². The largest absolute Gasteiger partial charge is 0.318 e. The molecule has 26 heavy (non-hydrogen) atoms. The first-order chi connectivity index (χ1) is 12.5. The molecule has 0 fully saturated rings. The lowest BCUT2D eigenvalue weighted by Gasteiger charge is -2.11. The molecule has 0 bridgehead atoms. The number of nitrogens with one attached hydrogen (secondary N) is 1. The van der Waals surface area contributed by atoms with Crippen molar-refractivity contribution in [3.05, 3.63) is 82.4 Å². The molecular weight excluding hydrogens is 324 g/mol. The normalized spacial score (nSPS) is 11.1. The number of benzene rings is 1. The average Bonchev–Trinajstić information content (AvgIpc) is 2.88. The van der Waals surface area contributed by atoms with E-state index in [9.17, 15) is 4.79 Å². The van der Waals surface area contributed by atoms with Gasteiger partial charge in [-0.05, 0) is 69.2 Å². The Labute approximate surface area is 153 Å². The highest BCUT2D eigenvalue weighted by molar-refractivity contribution is 5.94. The molecule has 0 saturated carbocycles. The molecule has 0 spiro atoms. The maximum absolute atomic E-state index is 12.0. The predicted octanol–water partition coefficient (Wildman–Crippen LogP) is 3.87. The molecule has 0 aliphatic rings. The highest BCUT2D eigenvalue weighted by Crippen LogP contribution is 2.21. The second kappa shape index (κ2) is 7.35. The van der Waals surface area contributed by atoms with Crippen molar-refractivity contribution in [2.45, 2.75) is 27.7 Å². The van der Waals surface area contributed by atoms with Gasteiger partial charge in [-0.3, -0.25) is 9.78 Å². The van der Waals surface area contributed by atoms with Gasteiger partial charge in [-0.15, -0.1) is 0 Å². The first-order valence-corrected chi connectivity index (χ1v) is 8.47. The molecule has 0 atom stereocenters. The maximum atomic E-state index is 12.0. The minimum Gasteiger partial charge on any atom is -0.318 e. The molecule has 0 unspecified atom stereocenters.